The maximum absolute atomic E-state index is 14.6. The zero-order valence-electron chi connectivity index (χ0n) is 19.8. The van der Waals surface area contributed by atoms with E-state index in [0.717, 1.165) is 48.4 Å². The number of hydrogen-bond acceptors (Lipinski definition) is 5. The van der Waals surface area contributed by atoms with Crippen LogP contribution in [0.4, 0.5) is 21.7 Å². The number of piperidine rings is 1. The maximum atomic E-state index is 14.6. The summed E-state index contributed by atoms with van der Waals surface area (Å²) in [5.41, 5.74) is 4.07. The summed E-state index contributed by atoms with van der Waals surface area (Å²) in [5, 5.41) is 3.93. The van der Waals surface area contributed by atoms with Crippen LogP contribution in [0.25, 0.3) is 17.1 Å². The molecule has 34 heavy (non-hydrogen) atoms. The molecule has 178 valence electrons. The number of aromatic nitrogens is 3. The van der Waals surface area contributed by atoms with Crippen molar-refractivity contribution in [3.05, 3.63) is 58.6 Å². The molecule has 6 nitrogen and oxygen atoms in total. The highest BCUT2D eigenvalue weighted by molar-refractivity contribution is 6.30. The number of benzene rings is 1. The van der Waals surface area contributed by atoms with Crippen LogP contribution in [0.3, 0.4) is 0 Å². The minimum absolute atomic E-state index is 0.156. The lowest BCUT2D eigenvalue weighted by Gasteiger charge is -2.29. The second-order valence-electron chi connectivity index (χ2n) is 8.71. The fourth-order valence-corrected chi connectivity index (χ4v) is 4.47. The van der Waals surface area contributed by atoms with Crippen LogP contribution in [0, 0.1) is 5.82 Å². The van der Waals surface area contributed by atoms with Crippen molar-refractivity contribution in [3.63, 3.8) is 0 Å². The van der Waals surface area contributed by atoms with Gasteiger partial charge >= 0.3 is 0 Å². The number of rotatable bonds is 7. The summed E-state index contributed by atoms with van der Waals surface area (Å²) in [7, 11) is 0. The van der Waals surface area contributed by atoms with E-state index in [1.807, 2.05) is 19.2 Å². The van der Waals surface area contributed by atoms with Gasteiger partial charge in [0.05, 0.1) is 16.8 Å². The third-order valence-electron chi connectivity index (χ3n) is 6.11. The summed E-state index contributed by atoms with van der Waals surface area (Å²) >= 11 is 6.12. The van der Waals surface area contributed by atoms with Crippen molar-refractivity contribution >= 4 is 41.3 Å². The Bertz CT molecular complexity index is 1210. The van der Waals surface area contributed by atoms with Crippen molar-refractivity contribution in [1.29, 1.82) is 0 Å². The van der Waals surface area contributed by atoms with Crippen molar-refractivity contribution in [1.82, 2.24) is 15.0 Å². The number of aliphatic imine (C=N–C) groups is 1. The fourth-order valence-electron chi connectivity index (χ4n) is 4.30. The molecular formula is C26H30ClFN6. The van der Waals surface area contributed by atoms with Gasteiger partial charge in [0.1, 0.15) is 17.5 Å². The van der Waals surface area contributed by atoms with E-state index >= 15 is 0 Å². The highest BCUT2D eigenvalue weighted by atomic mass is 35.5. The van der Waals surface area contributed by atoms with Crippen LogP contribution < -0.4 is 10.2 Å². The Morgan fingerprint density at radius 3 is 2.74 bits per heavy atom. The smallest absolute Gasteiger partial charge is 0.164 e. The Morgan fingerprint density at radius 2 is 2.06 bits per heavy atom. The van der Waals surface area contributed by atoms with Crippen LogP contribution in [0.1, 0.15) is 57.1 Å². The molecule has 1 aromatic carbocycles. The number of allylic oxidation sites excluding steroid dienone is 1. The molecule has 0 atom stereocenters. The molecular weight excluding hydrogens is 451 g/mol. The Balaban J connectivity index is 1.77. The van der Waals surface area contributed by atoms with Crippen molar-refractivity contribution < 1.29 is 4.39 Å². The first kappa shape index (κ1) is 24.0. The summed E-state index contributed by atoms with van der Waals surface area (Å²) in [6, 6.07) is 4.38. The quantitative estimate of drug-likeness (QED) is 0.351. The Labute approximate surface area is 205 Å². The van der Waals surface area contributed by atoms with E-state index in [2.05, 4.69) is 45.7 Å². The molecule has 1 fully saturated rings. The molecule has 2 N–H and O–H groups in total. The summed E-state index contributed by atoms with van der Waals surface area (Å²) < 4.78 is 14.6. The second-order valence-corrected chi connectivity index (χ2v) is 9.14. The van der Waals surface area contributed by atoms with Gasteiger partial charge in [-0.25, -0.2) is 19.4 Å². The van der Waals surface area contributed by atoms with Gasteiger partial charge in [-0.3, -0.25) is 0 Å². The number of hydrogen-bond donors (Lipinski definition) is 2. The number of nitrogens with one attached hydrogen (secondary N) is 2. The number of nitrogens with zero attached hydrogens (tertiary/aromatic N) is 4. The molecule has 0 aliphatic carbocycles. The van der Waals surface area contributed by atoms with E-state index in [1.165, 1.54) is 18.6 Å². The van der Waals surface area contributed by atoms with E-state index in [9.17, 15) is 4.39 Å². The largest absolute Gasteiger partial charge is 0.370 e. The van der Waals surface area contributed by atoms with Gasteiger partial charge in [-0.1, -0.05) is 31.5 Å². The molecule has 0 spiro atoms. The Hall–Kier alpha value is -3.19. The second kappa shape index (κ2) is 10.4. The van der Waals surface area contributed by atoms with Gasteiger partial charge in [0.25, 0.3) is 0 Å². The van der Waals surface area contributed by atoms with E-state index in [1.54, 1.807) is 12.3 Å². The summed E-state index contributed by atoms with van der Waals surface area (Å²) in [4.78, 5) is 19.0. The first-order valence-electron chi connectivity index (χ1n) is 11.6. The van der Waals surface area contributed by atoms with Crippen LogP contribution in [-0.4, -0.2) is 34.8 Å². The molecule has 0 amide bonds. The highest BCUT2D eigenvalue weighted by Crippen LogP contribution is 2.38. The van der Waals surface area contributed by atoms with Crippen molar-refractivity contribution in [2.45, 2.75) is 46.0 Å². The van der Waals surface area contributed by atoms with Gasteiger partial charge in [0, 0.05) is 41.8 Å². The lowest BCUT2D eigenvalue weighted by Crippen LogP contribution is -2.29. The van der Waals surface area contributed by atoms with Gasteiger partial charge in [0.15, 0.2) is 5.82 Å². The Kier molecular flexibility index (Phi) is 7.32. The Morgan fingerprint density at radius 1 is 1.29 bits per heavy atom. The monoisotopic (exact) mass is 480 g/mol. The zero-order valence-corrected chi connectivity index (χ0v) is 20.6. The van der Waals surface area contributed by atoms with E-state index in [0.29, 0.717) is 16.7 Å². The molecule has 4 rings (SSSR count). The molecule has 3 aromatic rings. The third kappa shape index (κ3) is 4.85. The van der Waals surface area contributed by atoms with Crippen molar-refractivity contribution in [3.8, 4) is 11.4 Å². The van der Waals surface area contributed by atoms with Crippen LogP contribution in [0.2, 0.25) is 5.02 Å². The van der Waals surface area contributed by atoms with Crippen LogP contribution in [-0.2, 0) is 0 Å². The molecule has 2 aromatic heterocycles. The lowest BCUT2D eigenvalue weighted by atomic mass is 10.0. The van der Waals surface area contributed by atoms with Crippen molar-refractivity contribution in [2.75, 3.05) is 23.3 Å². The van der Waals surface area contributed by atoms with Gasteiger partial charge < -0.3 is 15.2 Å². The molecule has 1 saturated heterocycles. The highest BCUT2D eigenvalue weighted by Gasteiger charge is 2.23. The van der Waals surface area contributed by atoms with E-state index in [-0.39, 0.29) is 17.3 Å². The van der Waals surface area contributed by atoms with Gasteiger partial charge in [-0.05, 0) is 57.0 Å². The number of aromatic amines is 1. The van der Waals surface area contributed by atoms with Gasteiger partial charge in [-0.2, -0.15) is 0 Å². The van der Waals surface area contributed by atoms with E-state index < -0.39 is 5.82 Å². The minimum atomic E-state index is -0.421. The molecule has 0 unspecified atom stereocenters. The SMILES string of the molecule is C=Nc1[nH]cc(N2CCCCC2)c1/C(=C\C)Nc1nc(-c2cc(Cl)ccc2F)ncc1C(C)C. The fraction of sp³-hybridized carbons (Fsp3) is 0.346. The van der Waals surface area contributed by atoms with E-state index in [4.69, 9.17) is 16.6 Å². The molecule has 8 heteroatoms. The molecule has 1 aliphatic heterocycles. The number of halogens is 2. The first-order chi connectivity index (χ1) is 16.4. The first-order valence-corrected chi connectivity index (χ1v) is 12.0. The van der Waals surface area contributed by atoms with Crippen LogP contribution in [0.5, 0.6) is 0 Å². The van der Waals surface area contributed by atoms with Crippen molar-refractivity contribution in [2.24, 2.45) is 4.99 Å². The average Bonchev–Trinajstić information content (AvgIpc) is 3.28. The van der Waals surface area contributed by atoms with Crippen LogP contribution in [0.15, 0.2) is 41.7 Å². The average molecular weight is 481 g/mol. The summed E-state index contributed by atoms with van der Waals surface area (Å²) in [6.45, 7) is 11.9. The van der Waals surface area contributed by atoms with Gasteiger partial charge in [-0.15, -0.1) is 0 Å². The van der Waals surface area contributed by atoms with Gasteiger partial charge in [0.2, 0.25) is 0 Å². The topological polar surface area (TPSA) is 69.2 Å². The molecule has 1 aliphatic rings. The summed E-state index contributed by atoms with van der Waals surface area (Å²) in [6.07, 6.45) is 9.32. The maximum Gasteiger partial charge on any atom is 0.164 e. The number of H-pyrrole nitrogens is 1. The predicted molar refractivity (Wildman–Crippen MR) is 140 cm³/mol. The predicted octanol–water partition coefficient (Wildman–Crippen LogP) is 7.18. The molecule has 0 radical (unpaired) electrons. The normalized spacial score (nSPS) is 14.5. The zero-order chi connectivity index (χ0) is 24.2. The van der Waals surface area contributed by atoms with Crippen LogP contribution >= 0.6 is 11.6 Å². The summed E-state index contributed by atoms with van der Waals surface area (Å²) in [5.74, 6) is 1.32. The molecule has 3 heterocycles. The minimum Gasteiger partial charge on any atom is -0.370 e. The molecule has 0 saturated carbocycles. The third-order valence-corrected chi connectivity index (χ3v) is 6.35. The lowest BCUT2D eigenvalue weighted by molar-refractivity contribution is 0.578. The standard InChI is InChI=1S/C26H30ClFN6/c1-5-21(23-22(15-31-26(23)29-4)34-11-7-6-8-12-34)32-25-19(16(2)3)14-30-24(33-25)18-13-17(27)9-10-20(18)28/h5,9-10,13-16,31H,4,6-8,11-12H2,1-3H3,(H,30,32,33)/b21-5+. The molecule has 0 bridgehead atoms. The number of anilines is 2.